The molecule has 1 aromatic rings. The van der Waals surface area contributed by atoms with Gasteiger partial charge in [0.25, 0.3) is 0 Å². The van der Waals surface area contributed by atoms with Gasteiger partial charge in [0.2, 0.25) is 0 Å². The van der Waals surface area contributed by atoms with Crippen LogP contribution >= 0.6 is 23.2 Å². The number of aliphatic hydroxyl groups excluding tert-OH is 1. The van der Waals surface area contributed by atoms with E-state index in [2.05, 4.69) is 0 Å². The minimum absolute atomic E-state index is 0.308. The zero-order valence-electron chi connectivity index (χ0n) is 11.2. The number of halogens is 2. The van der Waals surface area contributed by atoms with Gasteiger partial charge in [0, 0.05) is 0 Å². The van der Waals surface area contributed by atoms with E-state index in [1.807, 2.05) is 12.1 Å². The fourth-order valence-electron chi connectivity index (χ4n) is 2.97. The predicted octanol–water partition coefficient (Wildman–Crippen LogP) is 5.26. The first-order valence-electron chi connectivity index (χ1n) is 7.27. The van der Waals surface area contributed by atoms with Crippen molar-refractivity contribution >= 4 is 23.2 Å². The first-order chi connectivity index (χ1) is 9.16. The van der Waals surface area contributed by atoms with Gasteiger partial charge in [-0.2, -0.15) is 0 Å². The monoisotopic (exact) mass is 300 g/mol. The molecule has 1 fully saturated rings. The topological polar surface area (TPSA) is 20.2 Å². The number of aliphatic hydroxyl groups is 1. The smallest absolute Gasteiger partial charge is 0.0625 e. The van der Waals surface area contributed by atoms with Gasteiger partial charge in [-0.25, -0.2) is 0 Å². The lowest BCUT2D eigenvalue weighted by Crippen LogP contribution is -2.14. The predicted molar refractivity (Wildman–Crippen MR) is 82.0 cm³/mol. The molecule has 1 unspecified atom stereocenters. The molecule has 1 aliphatic rings. The van der Waals surface area contributed by atoms with E-state index in [0.717, 1.165) is 24.3 Å². The molecular formula is C16H22Cl2O. The van der Waals surface area contributed by atoms with Gasteiger partial charge in [0.05, 0.1) is 16.1 Å². The van der Waals surface area contributed by atoms with Crippen LogP contribution in [0.4, 0.5) is 0 Å². The molecule has 1 aromatic carbocycles. The van der Waals surface area contributed by atoms with Crippen molar-refractivity contribution in [1.29, 1.82) is 0 Å². The lowest BCUT2D eigenvalue weighted by molar-refractivity contribution is 0.149. The van der Waals surface area contributed by atoms with E-state index < -0.39 is 0 Å². The van der Waals surface area contributed by atoms with Gasteiger partial charge in [-0.1, -0.05) is 67.4 Å². The molecule has 0 saturated heterocycles. The van der Waals surface area contributed by atoms with Crippen LogP contribution in [-0.2, 0) is 6.42 Å². The van der Waals surface area contributed by atoms with E-state index in [0.29, 0.717) is 16.5 Å². The number of benzene rings is 1. The largest absolute Gasteiger partial charge is 0.393 e. The summed E-state index contributed by atoms with van der Waals surface area (Å²) in [6.45, 7) is 0. The van der Waals surface area contributed by atoms with E-state index in [4.69, 9.17) is 23.2 Å². The third-order valence-electron chi connectivity index (χ3n) is 4.12. The summed E-state index contributed by atoms with van der Waals surface area (Å²) in [7, 11) is 0. The van der Waals surface area contributed by atoms with Crippen molar-refractivity contribution in [2.24, 2.45) is 5.92 Å². The summed E-state index contributed by atoms with van der Waals surface area (Å²) >= 11 is 12.1. The average Bonchev–Trinajstić information content (AvgIpc) is 2.43. The summed E-state index contributed by atoms with van der Waals surface area (Å²) in [6.07, 6.45) is 9.09. The number of rotatable bonds is 5. The minimum Gasteiger partial charge on any atom is -0.393 e. The Kier molecular flexibility index (Phi) is 6.00. The molecule has 0 aliphatic heterocycles. The molecule has 0 aromatic heterocycles. The van der Waals surface area contributed by atoms with Gasteiger partial charge in [-0.3, -0.25) is 0 Å². The molecule has 19 heavy (non-hydrogen) atoms. The highest BCUT2D eigenvalue weighted by atomic mass is 35.5. The normalized spacial score (nSPS) is 18.5. The maximum Gasteiger partial charge on any atom is 0.0625 e. The number of hydrogen-bond acceptors (Lipinski definition) is 1. The zero-order chi connectivity index (χ0) is 13.7. The molecule has 1 aliphatic carbocycles. The summed E-state index contributed by atoms with van der Waals surface area (Å²) < 4.78 is 0. The van der Waals surface area contributed by atoms with Crippen molar-refractivity contribution in [1.82, 2.24) is 0 Å². The third kappa shape index (κ3) is 4.66. The minimum atomic E-state index is -0.308. The van der Waals surface area contributed by atoms with Crippen molar-refractivity contribution in [3.8, 4) is 0 Å². The lowest BCUT2D eigenvalue weighted by atomic mass is 9.85. The Morgan fingerprint density at radius 3 is 2.63 bits per heavy atom. The van der Waals surface area contributed by atoms with E-state index in [9.17, 15) is 5.11 Å². The van der Waals surface area contributed by atoms with Crippen molar-refractivity contribution in [3.63, 3.8) is 0 Å². The van der Waals surface area contributed by atoms with Crippen molar-refractivity contribution in [2.45, 2.75) is 57.5 Å². The lowest BCUT2D eigenvalue weighted by Gasteiger charge is -2.22. The molecule has 1 saturated carbocycles. The summed E-state index contributed by atoms with van der Waals surface area (Å²) in [6, 6.07) is 5.61. The first-order valence-corrected chi connectivity index (χ1v) is 8.03. The van der Waals surface area contributed by atoms with Crippen LogP contribution in [0.2, 0.25) is 10.0 Å². The van der Waals surface area contributed by atoms with E-state index in [1.165, 1.54) is 32.1 Å². The maximum atomic E-state index is 10.1. The molecular weight excluding hydrogens is 279 g/mol. The molecule has 0 bridgehead atoms. The van der Waals surface area contributed by atoms with Crippen molar-refractivity contribution < 1.29 is 5.11 Å². The highest BCUT2D eigenvalue weighted by Crippen LogP contribution is 2.30. The average molecular weight is 301 g/mol. The van der Waals surface area contributed by atoms with Gasteiger partial charge in [-0.05, 0) is 36.8 Å². The van der Waals surface area contributed by atoms with Crippen LogP contribution in [0.5, 0.6) is 0 Å². The Balaban J connectivity index is 1.80. The van der Waals surface area contributed by atoms with Gasteiger partial charge >= 0.3 is 0 Å². The van der Waals surface area contributed by atoms with Crippen LogP contribution in [-0.4, -0.2) is 11.2 Å². The van der Waals surface area contributed by atoms with Crippen LogP contribution in [0.1, 0.15) is 50.5 Å². The Bertz CT molecular complexity index is 400. The molecule has 1 atom stereocenters. The fourth-order valence-corrected chi connectivity index (χ4v) is 3.36. The van der Waals surface area contributed by atoms with Gasteiger partial charge in [0.1, 0.15) is 0 Å². The molecule has 106 valence electrons. The standard InChI is InChI=1S/C16H22Cl2O/c17-15-8-4-7-13(16(15)18)11-14(19)10-9-12-5-2-1-3-6-12/h4,7-8,12,14,19H,1-3,5-6,9-11H2. The molecule has 0 spiro atoms. The van der Waals surface area contributed by atoms with Crippen LogP contribution in [0.15, 0.2) is 18.2 Å². The van der Waals surface area contributed by atoms with Gasteiger partial charge in [-0.15, -0.1) is 0 Å². The Hall–Kier alpha value is -0.240. The summed E-state index contributed by atoms with van der Waals surface area (Å²) in [4.78, 5) is 0. The maximum absolute atomic E-state index is 10.1. The summed E-state index contributed by atoms with van der Waals surface area (Å²) in [5, 5.41) is 11.3. The highest BCUT2D eigenvalue weighted by molar-refractivity contribution is 6.42. The Labute approximate surface area is 125 Å². The second-order valence-corrected chi connectivity index (χ2v) is 6.44. The Morgan fingerprint density at radius 2 is 1.89 bits per heavy atom. The second kappa shape index (κ2) is 7.52. The van der Waals surface area contributed by atoms with Crippen LogP contribution in [0.3, 0.4) is 0 Å². The van der Waals surface area contributed by atoms with Crippen molar-refractivity contribution in [2.75, 3.05) is 0 Å². The molecule has 1 nitrogen and oxygen atoms in total. The molecule has 2 rings (SSSR count). The van der Waals surface area contributed by atoms with Crippen LogP contribution in [0, 0.1) is 5.92 Å². The van der Waals surface area contributed by atoms with E-state index in [1.54, 1.807) is 6.07 Å². The van der Waals surface area contributed by atoms with E-state index in [-0.39, 0.29) is 6.10 Å². The van der Waals surface area contributed by atoms with Crippen LogP contribution < -0.4 is 0 Å². The van der Waals surface area contributed by atoms with Gasteiger partial charge < -0.3 is 5.11 Å². The molecule has 0 radical (unpaired) electrons. The molecule has 0 amide bonds. The van der Waals surface area contributed by atoms with Crippen LogP contribution in [0.25, 0.3) is 0 Å². The molecule has 1 N–H and O–H groups in total. The first kappa shape index (κ1) is 15.2. The second-order valence-electron chi connectivity index (χ2n) is 5.65. The highest BCUT2D eigenvalue weighted by Gasteiger charge is 2.16. The molecule has 3 heteroatoms. The van der Waals surface area contributed by atoms with Crippen molar-refractivity contribution in [3.05, 3.63) is 33.8 Å². The summed E-state index contributed by atoms with van der Waals surface area (Å²) in [5.74, 6) is 0.818. The molecule has 0 heterocycles. The Morgan fingerprint density at radius 1 is 1.16 bits per heavy atom. The fraction of sp³-hybridized carbons (Fsp3) is 0.625. The zero-order valence-corrected chi connectivity index (χ0v) is 12.8. The third-order valence-corrected chi connectivity index (χ3v) is 4.98. The summed E-state index contributed by atoms with van der Waals surface area (Å²) in [5.41, 5.74) is 0.949. The SMILES string of the molecule is OC(CCC1CCCCC1)Cc1cccc(Cl)c1Cl. The quantitative estimate of drug-likeness (QED) is 0.786. The number of hydrogen-bond donors (Lipinski definition) is 1. The van der Waals surface area contributed by atoms with E-state index >= 15 is 0 Å². The van der Waals surface area contributed by atoms with Gasteiger partial charge in [0.15, 0.2) is 0 Å².